The molecule has 1 amide bonds. The van der Waals surface area contributed by atoms with Crippen LogP contribution < -0.4 is 5.32 Å². The van der Waals surface area contributed by atoms with Gasteiger partial charge in [0.2, 0.25) is 0 Å². The van der Waals surface area contributed by atoms with Crippen LogP contribution in [0.5, 0.6) is 0 Å². The third-order valence-electron chi connectivity index (χ3n) is 3.48. The SMILES string of the molecule is Cc1ccc([N+](=O)[O-])cc1NC(=O)C(C#N)=Cc1ccccc1[N+](=O)[O-]. The van der Waals surface area contributed by atoms with Crippen LogP contribution in [0.2, 0.25) is 0 Å². The molecule has 130 valence electrons. The topological polar surface area (TPSA) is 139 Å². The Morgan fingerprint density at radius 3 is 2.46 bits per heavy atom. The Hall–Kier alpha value is -4.06. The normalized spacial score (nSPS) is 10.7. The minimum atomic E-state index is -0.825. The van der Waals surface area contributed by atoms with Crippen molar-refractivity contribution < 1.29 is 14.6 Å². The maximum absolute atomic E-state index is 12.3. The van der Waals surface area contributed by atoms with Gasteiger partial charge in [-0.25, -0.2) is 0 Å². The molecular formula is C17H12N4O5. The number of para-hydroxylation sites is 1. The van der Waals surface area contributed by atoms with Crippen LogP contribution in [-0.2, 0) is 4.79 Å². The summed E-state index contributed by atoms with van der Waals surface area (Å²) in [6.45, 7) is 1.64. The summed E-state index contributed by atoms with van der Waals surface area (Å²) < 4.78 is 0. The summed E-state index contributed by atoms with van der Waals surface area (Å²) in [5.41, 5.74) is -0.00308. The fraction of sp³-hybridized carbons (Fsp3) is 0.0588. The summed E-state index contributed by atoms with van der Waals surface area (Å²) in [7, 11) is 0. The van der Waals surface area contributed by atoms with Gasteiger partial charge in [-0.05, 0) is 24.6 Å². The Balaban J connectivity index is 2.37. The molecule has 9 nitrogen and oxygen atoms in total. The fourth-order valence-corrected chi connectivity index (χ4v) is 2.13. The number of non-ortho nitro benzene ring substituents is 1. The first-order chi connectivity index (χ1) is 12.3. The molecule has 0 radical (unpaired) electrons. The van der Waals surface area contributed by atoms with Crippen LogP contribution >= 0.6 is 0 Å². The number of nitriles is 1. The van der Waals surface area contributed by atoms with Gasteiger partial charge < -0.3 is 5.32 Å². The van der Waals surface area contributed by atoms with Crippen LogP contribution in [0.4, 0.5) is 17.1 Å². The monoisotopic (exact) mass is 352 g/mol. The molecule has 0 atom stereocenters. The summed E-state index contributed by atoms with van der Waals surface area (Å²) in [5, 5.41) is 33.5. The van der Waals surface area contributed by atoms with Gasteiger partial charge in [0, 0.05) is 18.2 Å². The fourth-order valence-electron chi connectivity index (χ4n) is 2.13. The zero-order chi connectivity index (χ0) is 19.3. The molecule has 26 heavy (non-hydrogen) atoms. The zero-order valence-electron chi connectivity index (χ0n) is 13.5. The molecule has 0 aliphatic heterocycles. The van der Waals surface area contributed by atoms with Crippen molar-refractivity contribution in [2.75, 3.05) is 5.32 Å². The van der Waals surface area contributed by atoms with Crippen molar-refractivity contribution in [1.29, 1.82) is 5.26 Å². The van der Waals surface area contributed by atoms with Gasteiger partial charge in [-0.3, -0.25) is 25.0 Å². The number of nitro benzene ring substituents is 2. The highest BCUT2D eigenvalue weighted by atomic mass is 16.6. The lowest BCUT2D eigenvalue weighted by Gasteiger charge is -2.07. The number of aryl methyl sites for hydroxylation is 1. The molecule has 0 spiro atoms. The maximum Gasteiger partial charge on any atom is 0.276 e. The standard InChI is InChI=1S/C17H12N4O5/c1-11-6-7-14(20(23)24)9-15(11)19-17(22)13(10-18)8-12-4-2-3-5-16(12)21(25)26/h2-9H,1H3,(H,19,22). The van der Waals surface area contributed by atoms with Gasteiger partial charge in [0.15, 0.2) is 0 Å². The molecule has 2 aromatic rings. The summed E-state index contributed by atoms with van der Waals surface area (Å²) >= 11 is 0. The van der Waals surface area contributed by atoms with E-state index in [9.17, 15) is 30.3 Å². The number of rotatable bonds is 5. The predicted molar refractivity (Wildman–Crippen MR) is 93.1 cm³/mol. The van der Waals surface area contributed by atoms with Crippen molar-refractivity contribution in [3.8, 4) is 6.07 Å². The molecule has 0 fully saturated rings. The smallest absolute Gasteiger partial charge is 0.276 e. The van der Waals surface area contributed by atoms with Crippen LogP contribution in [0.3, 0.4) is 0 Å². The number of hydrogen-bond acceptors (Lipinski definition) is 6. The van der Waals surface area contributed by atoms with Gasteiger partial charge in [0.25, 0.3) is 17.3 Å². The highest BCUT2D eigenvalue weighted by Crippen LogP contribution is 2.24. The highest BCUT2D eigenvalue weighted by molar-refractivity contribution is 6.10. The zero-order valence-corrected chi connectivity index (χ0v) is 13.5. The molecule has 2 rings (SSSR count). The van der Waals surface area contributed by atoms with E-state index in [4.69, 9.17) is 0 Å². The Kier molecular flexibility index (Phi) is 5.40. The number of amides is 1. The number of hydrogen-bond donors (Lipinski definition) is 1. The second-order valence-electron chi connectivity index (χ2n) is 5.20. The van der Waals surface area contributed by atoms with E-state index in [0.29, 0.717) is 5.56 Å². The van der Waals surface area contributed by atoms with Crippen LogP contribution in [0.15, 0.2) is 48.0 Å². The molecule has 0 heterocycles. The van der Waals surface area contributed by atoms with E-state index in [1.54, 1.807) is 13.0 Å². The highest BCUT2D eigenvalue weighted by Gasteiger charge is 2.17. The summed E-state index contributed by atoms with van der Waals surface area (Å²) in [6.07, 6.45) is 1.10. The van der Waals surface area contributed by atoms with Gasteiger partial charge in [0.1, 0.15) is 11.6 Å². The van der Waals surface area contributed by atoms with Gasteiger partial charge in [-0.15, -0.1) is 0 Å². The molecule has 2 aromatic carbocycles. The van der Waals surface area contributed by atoms with Crippen molar-refractivity contribution in [3.63, 3.8) is 0 Å². The van der Waals surface area contributed by atoms with E-state index in [1.807, 2.05) is 0 Å². The minimum absolute atomic E-state index is 0.0972. The largest absolute Gasteiger partial charge is 0.321 e. The summed E-state index contributed by atoms with van der Waals surface area (Å²) in [4.78, 5) is 33.0. The van der Waals surface area contributed by atoms with E-state index in [0.717, 1.165) is 6.08 Å². The number of nitrogens with zero attached hydrogens (tertiary/aromatic N) is 3. The van der Waals surface area contributed by atoms with Gasteiger partial charge >= 0.3 is 0 Å². The minimum Gasteiger partial charge on any atom is -0.321 e. The Labute approximate surface area is 147 Å². The Morgan fingerprint density at radius 1 is 1.15 bits per heavy atom. The molecule has 0 saturated carbocycles. The van der Waals surface area contributed by atoms with E-state index in [2.05, 4.69) is 5.32 Å². The molecule has 0 aliphatic carbocycles. The van der Waals surface area contributed by atoms with Crippen molar-refractivity contribution in [2.24, 2.45) is 0 Å². The third kappa shape index (κ3) is 4.07. The number of nitro groups is 2. The van der Waals surface area contributed by atoms with Crippen LogP contribution in [-0.4, -0.2) is 15.8 Å². The molecule has 0 aliphatic rings. The van der Waals surface area contributed by atoms with Gasteiger partial charge in [-0.2, -0.15) is 5.26 Å². The molecule has 0 bridgehead atoms. The quantitative estimate of drug-likeness (QED) is 0.379. The lowest BCUT2D eigenvalue weighted by atomic mass is 10.1. The maximum atomic E-state index is 12.3. The lowest BCUT2D eigenvalue weighted by molar-refractivity contribution is -0.385. The third-order valence-corrected chi connectivity index (χ3v) is 3.48. The number of carbonyl (C=O) groups excluding carboxylic acids is 1. The summed E-state index contributed by atoms with van der Waals surface area (Å²) in [6, 6.07) is 11.3. The van der Waals surface area contributed by atoms with Crippen LogP contribution in [0, 0.1) is 38.5 Å². The second kappa shape index (κ2) is 7.67. The number of benzene rings is 2. The number of carbonyl (C=O) groups is 1. The molecular weight excluding hydrogens is 340 g/mol. The van der Waals surface area contributed by atoms with Crippen molar-refractivity contribution in [2.45, 2.75) is 6.92 Å². The van der Waals surface area contributed by atoms with E-state index >= 15 is 0 Å². The first-order valence-corrected chi connectivity index (χ1v) is 7.25. The average Bonchev–Trinajstić information content (AvgIpc) is 2.61. The lowest BCUT2D eigenvalue weighted by Crippen LogP contribution is -2.14. The molecule has 0 saturated heterocycles. The van der Waals surface area contributed by atoms with Gasteiger partial charge in [0.05, 0.1) is 21.1 Å². The first-order valence-electron chi connectivity index (χ1n) is 7.25. The van der Waals surface area contributed by atoms with Crippen LogP contribution in [0.25, 0.3) is 6.08 Å². The first kappa shape index (κ1) is 18.3. The molecule has 1 N–H and O–H groups in total. The summed E-state index contributed by atoms with van der Waals surface area (Å²) in [5.74, 6) is -0.825. The number of anilines is 1. The predicted octanol–water partition coefficient (Wildman–Crippen LogP) is 3.36. The van der Waals surface area contributed by atoms with E-state index in [-0.39, 0.29) is 28.2 Å². The van der Waals surface area contributed by atoms with Crippen molar-refractivity contribution in [3.05, 3.63) is 79.4 Å². The van der Waals surface area contributed by atoms with E-state index < -0.39 is 15.8 Å². The Bertz CT molecular complexity index is 975. The Morgan fingerprint density at radius 2 is 1.85 bits per heavy atom. The van der Waals surface area contributed by atoms with E-state index in [1.165, 1.54) is 42.5 Å². The molecule has 9 heteroatoms. The second-order valence-corrected chi connectivity index (χ2v) is 5.20. The molecule has 0 unspecified atom stereocenters. The van der Waals surface area contributed by atoms with Crippen molar-refractivity contribution in [1.82, 2.24) is 0 Å². The van der Waals surface area contributed by atoms with Crippen LogP contribution in [0.1, 0.15) is 11.1 Å². The van der Waals surface area contributed by atoms with Crippen molar-refractivity contribution >= 4 is 29.0 Å². The number of nitrogens with one attached hydrogen (secondary N) is 1. The van der Waals surface area contributed by atoms with Gasteiger partial charge in [-0.1, -0.05) is 18.2 Å². The molecule has 0 aromatic heterocycles. The average molecular weight is 352 g/mol.